The Morgan fingerprint density at radius 3 is 2.39 bits per heavy atom. The highest BCUT2D eigenvalue weighted by atomic mass is 32.2. The Bertz CT molecular complexity index is 1010. The number of rotatable bonds is 9. The Labute approximate surface area is 224 Å². The Balaban J connectivity index is 1.41. The molecular formula is C27H42F2O8S. The van der Waals surface area contributed by atoms with Crippen LogP contribution in [0.4, 0.5) is 8.78 Å². The van der Waals surface area contributed by atoms with E-state index in [2.05, 4.69) is 25.5 Å². The van der Waals surface area contributed by atoms with Crippen molar-refractivity contribution < 1.29 is 45.9 Å². The Hall–Kier alpha value is -1.33. The fraction of sp³-hybridized carbons (Fsp3) is 0.926. The van der Waals surface area contributed by atoms with E-state index in [1.165, 1.54) is 0 Å². The van der Waals surface area contributed by atoms with Crippen LogP contribution in [0.25, 0.3) is 0 Å². The van der Waals surface area contributed by atoms with Crippen LogP contribution >= 0.6 is 0 Å². The maximum atomic E-state index is 13.4. The molecule has 4 aliphatic rings. The molecule has 4 fully saturated rings. The molecule has 0 aromatic rings. The van der Waals surface area contributed by atoms with E-state index in [1.54, 1.807) is 0 Å². The topological polar surface area (TPSA) is 127 Å². The van der Waals surface area contributed by atoms with Gasteiger partial charge < -0.3 is 14.6 Å². The monoisotopic (exact) mass is 564 g/mol. The molecule has 0 amide bonds. The average molecular weight is 565 g/mol. The van der Waals surface area contributed by atoms with Gasteiger partial charge in [0.15, 0.2) is 6.61 Å². The molecule has 218 valence electrons. The first-order chi connectivity index (χ1) is 17.6. The number of esters is 1. The Kier molecular flexibility index (Phi) is 8.25. The van der Waals surface area contributed by atoms with Crippen LogP contribution in [-0.2, 0) is 29.2 Å². The van der Waals surface area contributed by atoms with Crippen molar-refractivity contribution >= 4 is 22.6 Å². The summed E-state index contributed by atoms with van der Waals surface area (Å²) in [5.74, 6) is 1.11. The highest BCUT2D eigenvalue weighted by Gasteiger charge is 2.63. The Morgan fingerprint density at radius 1 is 1.08 bits per heavy atom. The van der Waals surface area contributed by atoms with Crippen LogP contribution in [0.5, 0.6) is 0 Å². The molecule has 0 heterocycles. The average Bonchev–Trinajstić information content (AvgIpc) is 3.19. The molecule has 0 aromatic carbocycles. The van der Waals surface area contributed by atoms with Crippen LogP contribution in [0.2, 0.25) is 0 Å². The van der Waals surface area contributed by atoms with Gasteiger partial charge in [0.05, 0.1) is 6.10 Å². The summed E-state index contributed by atoms with van der Waals surface area (Å²) in [5.41, 5.74) is 0.0698. The molecule has 4 aliphatic carbocycles. The lowest BCUT2D eigenvalue weighted by molar-refractivity contribution is -0.186. The zero-order valence-corrected chi connectivity index (χ0v) is 23.3. The van der Waals surface area contributed by atoms with Crippen LogP contribution in [0.15, 0.2) is 0 Å². The SMILES string of the molecule is C[C@H](CCC(=O)OCC(F)(F)S(=O)(=O)O)[C@H]1CC[C@H]2[C@@H]3C[C@H](OC=O)C4C[C@H](O)CC[C@]4(C)[C@H]3CC[C@]12C. The molecule has 10 atom stereocenters. The van der Waals surface area contributed by atoms with Gasteiger partial charge in [-0.1, -0.05) is 20.8 Å². The van der Waals surface area contributed by atoms with Crippen LogP contribution in [0, 0.1) is 46.3 Å². The molecule has 0 saturated heterocycles. The second kappa shape index (κ2) is 10.6. The van der Waals surface area contributed by atoms with Gasteiger partial charge in [-0.15, -0.1) is 0 Å². The maximum Gasteiger partial charge on any atom is 0.402 e. The molecule has 0 aliphatic heterocycles. The molecule has 1 unspecified atom stereocenters. The second-order valence-electron chi connectivity index (χ2n) is 12.9. The predicted octanol–water partition coefficient (Wildman–Crippen LogP) is 4.60. The van der Waals surface area contributed by atoms with Crippen molar-refractivity contribution in [2.45, 2.75) is 102 Å². The number of ether oxygens (including phenoxy) is 2. The zero-order chi connectivity index (χ0) is 28.1. The molecule has 38 heavy (non-hydrogen) atoms. The first-order valence-corrected chi connectivity index (χ1v) is 15.4. The van der Waals surface area contributed by atoms with E-state index in [1.807, 2.05) is 0 Å². The molecule has 0 spiro atoms. The van der Waals surface area contributed by atoms with Crippen LogP contribution in [0.1, 0.15) is 85.0 Å². The van der Waals surface area contributed by atoms with Crippen molar-refractivity contribution in [3.05, 3.63) is 0 Å². The predicted molar refractivity (Wildman–Crippen MR) is 133 cm³/mol. The fourth-order valence-electron chi connectivity index (χ4n) is 9.30. The number of hydrogen-bond donors (Lipinski definition) is 2. The summed E-state index contributed by atoms with van der Waals surface area (Å²) in [7, 11) is -5.65. The summed E-state index contributed by atoms with van der Waals surface area (Å²) in [5, 5.41) is 5.85. The molecule has 0 aromatic heterocycles. The molecule has 8 nitrogen and oxygen atoms in total. The summed E-state index contributed by atoms with van der Waals surface area (Å²) in [6.07, 6.45) is 7.16. The van der Waals surface area contributed by atoms with Crippen molar-refractivity contribution in [3.63, 3.8) is 0 Å². The summed E-state index contributed by atoms with van der Waals surface area (Å²) in [6, 6.07) is 0. The molecule has 0 radical (unpaired) electrons. The third-order valence-corrected chi connectivity index (χ3v) is 12.1. The minimum Gasteiger partial charge on any atom is -0.464 e. The van der Waals surface area contributed by atoms with E-state index >= 15 is 0 Å². The van der Waals surface area contributed by atoms with E-state index in [4.69, 9.17) is 9.29 Å². The highest BCUT2D eigenvalue weighted by molar-refractivity contribution is 7.86. The summed E-state index contributed by atoms with van der Waals surface area (Å²) < 4.78 is 66.9. The van der Waals surface area contributed by atoms with Crippen LogP contribution in [-0.4, -0.2) is 54.6 Å². The van der Waals surface area contributed by atoms with Gasteiger partial charge >= 0.3 is 21.3 Å². The van der Waals surface area contributed by atoms with E-state index in [9.17, 15) is 31.9 Å². The van der Waals surface area contributed by atoms with Gasteiger partial charge in [0.25, 0.3) is 6.47 Å². The first kappa shape index (κ1) is 29.6. The van der Waals surface area contributed by atoms with Gasteiger partial charge in [-0.2, -0.15) is 17.2 Å². The van der Waals surface area contributed by atoms with Crippen molar-refractivity contribution in [1.82, 2.24) is 0 Å². The molecule has 2 N–H and O–H groups in total. The van der Waals surface area contributed by atoms with Crippen molar-refractivity contribution in [3.8, 4) is 0 Å². The fourth-order valence-corrected chi connectivity index (χ4v) is 9.51. The highest BCUT2D eigenvalue weighted by Crippen LogP contribution is 2.68. The molecular weight excluding hydrogens is 522 g/mol. The summed E-state index contributed by atoms with van der Waals surface area (Å²) in [6.45, 7) is 5.59. The third-order valence-electron chi connectivity index (χ3n) is 11.2. The smallest absolute Gasteiger partial charge is 0.402 e. The van der Waals surface area contributed by atoms with Gasteiger partial charge in [-0.25, -0.2) is 0 Å². The minimum atomic E-state index is -5.65. The lowest BCUT2D eigenvalue weighted by Crippen LogP contribution is -2.58. The van der Waals surface area contributed by atoms with E-state index < -0.39 is 27.9 Å². The Morgan fingerprint density at radius 2 is 1.74 bits per heavy atom. The quantitative estimate of drug-likeness (QED) is 0.236. The number of carbonyl (C=O) groups excluding carboxylic acids is 2. The maximum absolute atomic E-state index is 13.4. The summed E-state index contributed by atoms with van der Waals surface area (Å²) in [4.78, 5) is 23.5. The molecule has 4 rings (SSSR count). The van der Waals surface area contributed by atoms with Crippen LogP contribution < -0.4 is 0 Å². The normalized spacial score (nSPS) is 41.8. The van der Waals surface area contributed by atoms with Gasteiger partial charge in [0, 0.05) is 12.3 Å². The largest absolute Gasteiger partial charge is 0.464 e. The van der Waals surface area contributed by atoms with E-state index in [0.29, 0.717) is 43.0 Å². The molecule has 4 saturated carbocycles. The lowest BCUT2D eigenvalue weighted by Gasteiger charge is -2.62. The second-order valence-corrected chi connectivity index (χ2v) is 14.5. The number of fused-ring (bicyclic) bond motifs is 5. The number of aliphatic hydroxyl groups is 1. The number of alkyl halides is 2. The molecule has 11 heteroatoms. The van der Waals surface area contributed by atoms with Gasteiger partial charge in [0.2, 0.25) is 0 Å². The lowest BCUT2D eigenvalue weighted by atomic mass is 9.43. The minimum absolute atomic E-state index is 0.0225. The van der Waals surface area contributed by atoms with Gasteiger partial charge in [-0.05, 0) is 98.2 Å². The van der Waals surface area contributed by atoms with Gasteiger partial charge in [-0.3, -0.25) is 14.1 Å². The van der Waals surface area contributed by atoms with E-state index in [0.717, 1.165) is 44.9 Å². The zero-order valence-electron chi connectivity index (χ0n) is 22.5. The number of carbonyl (C=O) groups is 2. The van der Waals surface area contributed by atoms with Crippen LogP contribution in [0.3, 0.4) is 0 Å². The summed E-state index contributed by atoms with van der Waals surface area (Å²) >= 11 is 0. The van der Waals surface area contributed by atoms with Crippen molar-refractivity contribution in [2.24, 2.45) is 46.3 Å². The number of hydrogen-bond acceptors (Lipinski definition) is 7. The van der Waals surface area contributed by atoms with E-state index in [-0.39, 0.29) is 41.3 Å². The van der Waals surface area contributed by atoms with Crippen molar-refractivity contribution in [1.29, 1.82) is 0 Å². The van der Waals surface area contributed by atoms with Crippen molar-refractivity contribution in [2.75, 3.05) is 6.61 Å². The number of aliphatic hydroxyl groups excluding tert-OH is 1. The van der Waals surface area contributed by atoms with Gasteiger partial charge in [0.1, 0.15) is 6.10 Å². The number of halogens is 2. The molecule has 0 bridgehead atoms. The first-order valence-electron chi connectivity index (χ1n) is 13.9. The standard InChI is InChI=1S/C27H42F2O8S/c1-16(4-7-24(32)36-14-27(28,29)38(33,34)35)19-5-6-20-18-13-23(37-15-30)22-12-17(31)8-10-26(22,3)21(18)9-11-25(19,20)2/h15-23,31H,4-14H2,1-3H3,(H,33,34,35)/t16-,17-,18+,19-,20+,21+,22?,23+,25-,26-/m1/s1. The third kappa shape index (κ3) is 5.23.